The van der Waals surface area contributed by atoms with Gasteiger partial charge < -0.3 is 21.7 Å². The fourth-order valence-corrected chi connectivity index (χ4v) is 3.24. The minimum Gasteiger partial charge on any atom is -0.397 e. The smallest absolute Gasteiger partial charge is 0.263 e. The molecule has 114 valence electrons. The SMILES string of the molecule is C=CCNC(=O)c1sc(N(C)CC2CC2)c(C(N)=O)c1N. The van der Waals surface area contributed by atoms with Crippen LogP contribution in [0.3, 0.4) is 0 Å². The topological polar surface area (TPSA) is 101 Å². The molecule has 1 aliphatic rings. The van der Waals surface area contributed by atoms with Gasteiger partial charge in [0.25, 0.3) is 11.8 Å². The highest BCUT2D eigenvalue weighted by Gasteiger charge is 2.29. The van der Waals surface area contributed by atoms with E-state index in [9.17, 15) is 9.59 Å². The molecule has 1 heterocycles. The van der Waals surface area contributed by atoms with E-state index in [1.807, 2.05) is 11.9 Å². The number of hydrogen-bond donors (Lipinski definition) is 3. The number of amides is 2. The van der Waals surface area contributed by atoms with Crippen molar-refractivity contribution in [3.8, 4) is 0 Å². The predicted molar refractivity (Wildman–Crippen MR) is 85.8 cm³/mol. The van der Waals surface area contributed by atoms with Crippen molar-refractivity contribution in [3.05, 3.63) is 23.1 Å². The first-order chi connectivity index (χ1) is 9.95. The van der Waals surface area contributed by atoms with Gasteiger partial charge in [0.05, 0.1) is 11.3 Å². The molecule has 1 aromatic rings. The van der Waals surface area contributed by atoms with Crippen LogP contribution in [0, 0.1) is 5.92 Å². The minimum absolute atomic E-state index is 0.159. The number of anilines is 2. The Morgan fingerprint density at radius 2 is 2.19 bits per heavy atom. The molecule has 0 atom stereocenters. The van der Waals surface area contributed by atoms with Gasteiger partial charge in [0.2, 0.25) is 0 Å². The highest BCUT2D eigenvalue weighted by atomic mass is 32.1. The maximum atomic E-state index is 12.1. The molecule has 0 spiro atoms. The van der Waals surface area contributed by atoms with Crippen LogP contribution in [-0.2, 0) is 0 Å². The molecule has 1 saturated carbocycles. The standard InChI is InChI=1S/C14H20N4O2S/c1-3-6-17-13(20)11-10(15)9(12(16)19)14(21-11)18(2)7-8-4-5-8/h3,8H,1,4-7,15H2,2H3,(H2,16,19)(H,17,20). The van der Waals surface area contributed by atoms with Crippen molar-refractivity contribution < 1.29 is 9.59 Å². The lowest BCUT2D eigenvalue weighted by molar-refractivity contribution is 0.0962. The van der Waals surface area contributed by atoms with Crippen LogP contribution < -0.4 is 21.7 Å². The molecule has 0 bridgehead atoms. The lowest BCUT2D eigenvalue weighted by Gasteiger charge is -2.18. The average Bonchev–Trinajstić information content (AvgIpc) is 3.16. The van der Waals surface area contributed by atoms with Gasteiger partial charge in [0.1, 0.15) is 9.88 Å². The molecule has 1 aromatic heterocycles. The van der Waals surface area contributed by atoms with Gasteiger partial charge in [-0.2, -0.15) is 0 Å². The van der Waals surface area contributed by atoms with E-state index in [1.54, 1.807) is 6.08 Å². The molecule has 6 nitrogen and oxygen atoms in total. The van der Waals surface area contributed by atoms with E-state index in [0.29, 0.717) is 22.3 Å². The molecule has 0 aromatic carbocycles. The van der Waals surface area contributed by atoms with Crippen molar-refractivity contribution in [1.29, 1.82) is 0 Å². The number of nitrogen functional groups attached to an aromatic ring is 1. The third-order valence-corrected chi connectivity index (χ3v) is 4.68. The molecule has 2 amide bonds. The predicted octanol–water partition coefficient (Wildman–Crippen LogP) is 1.19. The van der Waals surface area contributed by atoms with Gasteiger partial charge in [-0.15, -0.1) is 17.9 Å². The number of carbonyl (C=O) groups excluding carboxylic acids is 2. The summed E-state index contributed by atoms with van der Waals surface area (Å²) in [6.07, 6.45) is 3.98. The number of primary amides is 1. The number of nitrogens with zero attached hydrogens (tertiary/aromatic N) is 1. The Balaban J connectivity index is 2.32. The lowest BCUT2D eigenvalue weighted by Crippen LogP contribution is -2.24. The van der Waals surface area contributed by atoms with Crippen LogP contribution in [0.1, 0.15) is 32.9 Å². The summed E-state index contributed by atoms with van der Waals surface area (Å²) in [7, 11) is 1.89. The molecular weight excluding hydrogens is 288 g/mol. The number of nitrogens with two attached hydrogens (primary N) is 2. The molecule has 1 aliphatic carbocycles. The zero-order valence-corrected chi connectivity index (χ0v) is 12.8. The first-order valence-corrected chi connectivity index (χ1v) is 7.59. The molecule has 21 heavy (non-hydrogen) atoms. The van der Waals surface area contributed by atoms with Crippen LogP contribution in [-0.4, -0.2) is 32.0 Å². The van der Waals surface area contributed by atoms with Crippen LogP contribution in [0.2, 0.25) is 0 Å². The van der Waals surface area contributed by atoms with E-state index < -0.39 is 5.91 Å². The van der Waals surface area contributed by atoms with E-state index in [2.05, 4.69) is 11.9 Å². The van der Waals surface area contributed by atoms with Gasteiger partial charge in [-0.3, -0.25) is 9.59 Å². The Morgan fingerprint density at radius 3 is 2.71 bits per heavy atom. The summed E-state index contributed by atoms with van der Waals surface area (Å²) in [5.74, 6) is -0.271. The van der Waals surface area contributed by atoms with Crippen molar-refractivity contribution in [3.63, 3.8) is 0 Å². The summed E-state index contributed by atoms with van der Waals surface area (Å²) in [4.78, 5) is 26.0. The van der Waals surface area contributed by atoms with Crippen LogP contribution in [0.15, 0.2) is 12.7 Å². The van der Waals surface area contributed by atoms with Crippen molar-refractivity contribution in [2.24, 2.45) is 11.7 Å². The number of thiophene rings is 1. The molecule has 7 heteroatoms. The highest BCUT2D eigenvalue weighted by molar-refractivity contribution is 7.19. The van der Waals surface area contributed by atoms with Crippen LogP contribution in [0.5, 0.6) is 0 Å². The van der Waals surface area contributed by atoms with E-state index in [-0.39, 0.29) is 17.2 Å². The number of hydrogen-bond acceptors (Lipinski definition) is 5. The summed E-state index contributed by atoms with van der Waals surface area (Å²) in [5, 5.41) is 3.33. The third-order valence-electron chi connectivity index (χ3n) is 3.36. The summed E-state index contributed by atoms with van der Waals surface area (Å²) in [5.41, 5.74) is 11.8. The Morgan fingerprint density at radius 1 is 1.52 bits per heavy atom. The van der Waals surface area contributed by atoms with E-state index in [1.165, 1.54) is 24.2 Å². The van der Waals surface area contributed by atoms with Crippen molar-refractivity contribution >= 4 is 33.8 Å². The van der Waals surface area contributed by atoms with Crippen molar-refractivity contribution in [2.45, 2.75) is 12.8 Å². The Bertz CT molecular complexity index is 578. The monoisotopic (exact) mass is 308 g/mol. The van der Waals surface area contributed by atoms with Crippen LogP contribution in [0.4, 0.5) is 10.7 Å². The molecule has 0 aliphatic heterocycles. The molecule has 0 saturated heterocycles. The maximum absolute atomic E-state index is 12.1. The first-order valence-electron chi connectivity index (χ1n) is 6.78. The zero-order chi connectivity index (χ0) is 15.6. The second-order valence-corrected chi connectivity index (χ2v) is 6.21. The third kappa shape index (κ3) is 3.36. The van der Waals surface area contributed by atoms with E-state index in [0.717, 1.165) is 6.54 Å². The molecule has 5 N–H and O–H groups in total. The fraction of sp³-hybridized carbons (Fsp3) is 0.429. The Hall–Kier alpha value is -2.02. The fourth-order valence-electron chi connectivity index (χ4n) is 2.12. The maximum Gasteiger partial charge on any atom is 0.263 e. The van der Waals surface area contributed by atoms with Gasteiger partial charge in [0, 0.05) is 20.1 Å². The quantitative estimate of drug-likeness (QED) is 0.658. The molecular formula is C14H20N4O2S. The summed E-state index contributed by atoms with van der Waals surface area (Å²) < 4.78 is 0. The van der Waals surface area contributed by atoms with Gasteiger partial charge >= 0.3 is 0 Å². The Labute approximate surface area is 127 Å². The van der Waals surface area contributed by atoms with Crippen LogP contribution in [0.25, 0.3) is 0 Å². The summed E-state index contributed by atoms with van der Waals surface area (Å²) in [6, 6.07) is 0. The zero-order valence-electron chi connectivity index (χ0n) is 12.0. The molecule has 1 fully saturated rings. The number of carbonyl (C=O) groups is 2. The summed E-state index contributed by atoms with van der Waals surface area (Å²) >= 11 is 1.20. The van der Waals surface area contributed by atoms with Gasteiger partial charge in [-0.25, -0.2) is 0 Å². The first kappa shape index (κ1) is 15.4. The average molecular weight is 308 g/mol. The van der Waals surface area contributed by atoms with Gasteiger partial charge in [0.15, 0.2) is 0 Å². The molecule has 0 radical (unpaired) electrons. The van der Waals surface area contributed by atoms with E-state index >= 15 is 0 Å². The Kier molecular flexibility index (Phi) is 4.52. The normalized spacial score (nSPS) is 13.8. The number of nitrogens with one attached hydrogen (secondary N) is 1. The summed E-state index contributed by atoms with van der Waals surface area (Å²) in [6.45, 7) is 4.73. The molecule has 0 unspecified atom stereocenters. The lowest BCUT2D eigenvalue weighted by atomic mass is 10.2. The van der Waals surface area contributed by atoms with Crippen LogP contribution >= 0.6 is 11.3 Å². The second-order valence-electron chi connectivity index (χ2n) is 5.21. The van der Waals surface area contributed by atoms with Gasteiger partial charge in [-0.05, 0) is 18.8 Å². The minimum atomic E-state index is -0.607. The van der Waals surface area contributed by atoms with E-state index in [4.69, 9.17) is 11.5 Å². The van der Waals surface area contributed by atoms with Gasteiger partial charge in [-0.1, -0.05) is 6.08 Å². The highest BCUT2D eigenvalue weighted by Crippen LogP contribution is 2.39. The van der Waals surface area contributed by atoms with Crippen molar-refractivity contribution in [2.75, 3.05) is 30.8 Å². The van der Waals surface area contributed by atoms with Crippen molar-refractivity contribution in [1.82, 2.24) is 5.32 Å². The largest absolute Gasteiger partial charge is 0.397 e. The second kappa shape index (κ2) is 6.17. The number of rotatable bonds is 7. The molecule has 2 rings (SSSR count).